The third kappa shape index (κ3) is 2.11. The van der Waals surface area contributed by atoms with Crippen molar-refractivity contribution in [2.75, 3.05) is 13.1 Å². The van der Waals surface area contributed by atoms with E-state index in [1.165, 1.54) is 0 Å². The highest BCUT2D eigenvalue weighted by Crippen LogP contribution is 2.31. The molecular weight excluding hydrogens is 228 g/mol. The predicted octanol–water partition coefficient (Wildman–Crippen LogP) is 0.612. The molecule has 0 saturated carbocycles. The molecule has 0 aliphatic carbocycles. The smallest absolute Gasteiger partial charge is 0.241 e. The molecule has 2 fully saturated rings. The van der Waals surface area contributed by atoms with E-state index >= 15 is 0 Å². The minimum Gasteiger partial charge on any atom is -0.333 e. The van der Waals surface area contributed by atoms with E-state index in [2.05, 4.69) is 15.8 Å². The molecule has 1 amide bonds. The average Bonchev–Trinajstić information content (AvgIpc) is 3.10. The zero-order chi connectivity index (χ0) is 12.4. The van der Waals surface area contributed by atoms with Gasteiger partial charge in [0.1, 0.15) is 6.04 Å². The van der Waals surface area contributed by atoms with Crippen LogP contribution >= 0.6 is 0 Å². The van der Waals surface area contributed by atoms with E-state index < -0.39 is 0 Å². The zero-order valence-electron chi connectivity index (χ0n) is 10.3. The van der Waals surface area contributed by atoms with Gasteiger partial charge in [-0.3, -0.25) is 15.2 Å². The fourth-order valence-electron chi connectivity index (χ4n) is 2.78. The lowest BCUT2D eigenvalue weighted by atomic mass is 10.1. The Bertz CT molecular complexity index is 416. The van der Waals surface area contributed by atoms with Crippen molar-refractivity contribution >= 4 is 5.91 Å². The standard InChI is InChI=1S/C13H18N4O/c18-13(11-6-8-15-16-11)17-9-3-5-12(17)10-4-1-2-7-14-10/h1-2,4,7,11-12,15-16H,3,5-6,8-9H2. The van der Waals surface area contributed by atoms with Gasteiger partial charge in [-0.25, -0.2) is 5.43 Å². The molecule has 3 rings (SSSR count). The van der Waals surface area contributed by atoms with Gasteiger partial charge >= 0.3 is 0 Å². The molecule has 0 spiro atoms. The number of carbonyl (C=O) groups excluding carboxylic acids is 1. The summed E-state index contributed by atoms with van der Waals surface area (Å²) in [6.45, 7) is 1.71. The highest BCUT2D eigenvalue weighted by molar-refractivity contribution is 5.82. The van der Waals surface area contributed by atoms with Gasteiger partial charge in [-0.05, 0) is 31.4 Å². The van der Waals surface area contributed by atoms with E-state index in [0.29, 0.717) is 0 Å². The van der Waals surface area contributed by atoms with Crippen molar-refractivity contribution in [3.05, 3.63) is 30.1 Å². The van der Waals surface area contributed by atoms with Gasteiger partial charge in [-0.1, -0.05) is 6.07 Å². The second-order valence-electron chi connectivity index (χ2n) is 4.86. The van der Waals surface area contributed by atoms with Gasteiger partial charge in [0.25, 0.3) is 0 Å². The Balaban J connectivity index is 1.77. The molecule has 5 heteroatoms. The molecule has 2 N–H and O–H groups in total. The highest BCUT2D eigenvalue weighted by atomic mass is 16.2. The van der Waals surface area contributed by atoms with Gasteiger partial charge in [0, 0.05) is 19.3 Å². The molecule has 3 heterocycles. The number of amides is 1. The number of hydrogen-bond donors (Lipinski definition) is 2. The van der Waals surface area contributed by atoms with Crippen molar-refractivity contribution in [3.8, 4) is 0 Å². The van der Waals surface area contributed by atoms with Crippen LogP contribution in [0.5, 0.6) is 0 Å². The van der Waals surface area contributed by atoms with Crippen LogP contribution in [0.3, 0.4) is 0 Å². The van der Waals surface area contributed by atoms with Gasteiger partial charge in [0.15, 0.2) is 0 Å². The Morgan fingerprint density at radius 1 is 1.39 bits per heavy atom. The predicted molar refractivity (Wildman–Crippen MR) is 67.5 cm³/mol. The number of rotatable bonds is 2. The van der Waals surface area contributed by atoms with Gasteiger partial charge in [0.2, 0.25) is 5.91 Å². The number of nitrogens with zero attached hydrogens (tertiary/aromatic N) is 2. The van der Waals surface area contributed by atoms with Crippen molar-refractivity contribution in [1.82, 2.24) is 20.7 Å². The lowest BCUT2D eigenvalue weighted by Gasteiger charge is -2.26. The molecule has 0 bridgehead atoms. The Hall–Kier alpha value is -1.46. The van der Waals surface area contributed by atoms with Crippen LogP contribution in [-0.4, -0.2) is 34.9 Å². The van der Waals surface area contributed by atoms with Crippen LogP contribution in [0.2, 0.25) is 0 Å². The zero-order valence-corrected chi connectivity index (χ0v) is 10.3. The molecule has 2 saturated heterocycles. The normalized spacial score (nSPS) is 27.7. The summed E-state index contributed by atoms with van der Waals surface area (Å²) < 4.78 is 0. The largest absolute Gasteiger partial charge is 0.333 e. The summed E-state index contributed by atoms with van der Waals surface area (Å²) in [5.74, 6) is 0.202. The third-order valence-electron chi connectivity index (χ3n) is 3.70. The summed E-state index contributed by atoms with van der Waals surface area (Å²) in [6, 6.07) is 5.98. The quantitative estimate of drug-likeness (QED) is 0.803. The average molecular weight is 246 g/mol. The van der Waals surface area contributed by atoms with Gasteiger partial charge in [0.05, 0.1) is 11.7 Å². The molecule has 2 aliphatic heterocycles. The molecule has 1 aromatic heterocycles. The summed E-state index contributed by atoms with van der Waals surface area (Å²) in [7, 11) is 0. The molecule has 0 aromatic carbocycles. The van der Waals surface area contributed by atoms with Crippen LogP contribution in [0, 0.1) is 0 Å². The maximum Gasteiger partial charge on any atom is 0.241 e. The molecule has 18 heavy (non-hydrogen) atoms. The van der Waals surface area contributed by atoms with Gasteiger partial charge in [-0.15, -0.1) is 0 Å². The molecule has 2 aliphatic rings. The molecule has 2 unspecified atom stereocenters. The fourth-order valence-corrected chi connectivity index (χ4v) is 2.78. The Morgan fingerprint density at radius 3 is 3.06 bits per heavy atom. The van der Waals surface area contributed by atoms with Crippen molar-refractivity contribution in [3.63, 3.8) is 0 Å². The Labute approximate surface area is 107 Å². The monoisotopic (exact) mass is 246 g/mol. The van der Waals surface area contributed by atoms with Crippen LogP contribution < -0.4 is 10.9 Å². The van der Waals surface area contributed by atoms with E-state index in [-0.39, 0.29) is 18.0 Å². The molecule has 0 radical (unpaired) electrons. The first kappa shape index (κ1) is 11.6. The third-order valence-corrected chi connectivity index (χ3v) is 3.70. The summed E-state index contributed by atoms with van der Waals surface area (Å²) in [5, 5.41) is 0. The van der Waals surface area contributed by atoms with E-state index in [9.17, 15) is 4.79 Å². The molecule has 96 valence electrons. The number of likely N-dealkylation sites (tertiary alicyclic amines) is 1. The number of nitrogens with one attached hydrogen (secondary N) is 2. The molecule has 1 aromatic rings. The summed E-state index contributed by atoms with van der Waals surface area (Å²) >= 11 is 0. The number of hydrazine groups is 1. The lowest BCUT2D eigenvalue weighted by Crippen LogP contribution is -2.45. The van der Waals surface area contributed by atoms with Crippen molar-refractivity contribution < 1.29 is 4.79 Å². The minimum absolute atomic E-state index is 0.0747. The van der Waals surface area contributed by atoms with Crippen molar-refractivity contribution in [2.45, 2.75) is 31.3 Å². The SMILES string of the molecule is O=C(C1CCNN1)N1CCCC1c1ccccn1. The summed E-state index contributed by atoms with van der Waals surface area (Å²) in [4.78, 5) is 18.8. The first-order valence-corrected chi connectivity index (χ1v) is 6.56. The number of aromatic nitrogens is 1. The van der Waals surface area contributed by atoms with E-state index in [1.54, 1.807) is 6.20 Å². The van der Waals surface area contributed by atoms with Gasteiger partial charge < -0.3 is 4.90 Å². The van der Waals surface area contributed by atoms with Crippen molar-refractivity contribution in [2.24, 2.45) is 0 Å². The van der Waals surface area contributed by atoms with Crippen LogP contribution in [0.4, 0.5) is 0 Å². The first-order valence-electron chi connectivity index (χ1n) is 6.56. The lowest BCUT2D eigenvalue weighted by molar-refractivity contribution is -0.134. The van der Waals surface area contributed by atoms with E-state index in [4.69, 9.17) is 0 Å². The van der Waals surface area contributed by atoms with Crippen LogP contribution in [-0.2, 0) is 4.79 Å². The molecular formula is C13H18N4O. The van der Waals surface area contributed by atoms with Crippen LogP contribution in [0.15, 0.2) is 24.4 Å². The first-order chi connectivity index (χ1) is 8.86. The number of hydrogen-bond acceptors (Lipinski definition) is 4. The number of carbonyl (C=O) groups is 1. The number of pyridine rings is 1. The van der Waals surface area contributed by atoms with Crippen LogP contribution in [0.25, 0.3) is 0 Å². The fraction of sp³-hybridized carbons (Fsp3) is 0.538. The second-order valence-corrected chi connectivity index (χ2v) is 4.86. The molecule has 2 atom stereocenters. The van der Waals surface area contributed by atoms with Crippen molar-refractivity contribution in [1.29, 1.82) is 0 Å². The maximum absolute atomic E-state index is 12.4. The summed E-state index contributed by atoms with van der Waals surface area (Å²) in [6.07, 6.45) is 4.74. The van der Waals surface area contributed by atoms with Crippen LogP contribution in [0.1, 0.15) is 31.0 Å². The van der Waals surface area contributed by atoms with E-state index in [1.807, 2.05) is 23.1 Å². The Morgan fingerprint density at radius 2 is 2.33 bits per heavy atom. The summed E-state index contributed by atoms with van der Waals surface area (Å²) in [5.41, 5.74) is 7.07. The van der Waals surface area contributed by atoms with E-state index in [0.717, 1.165) is 38.0 Å². The maximum atomic E-state index is 12.4. The van der Waals surface area contributed by atoms with Gasteiger partial charge in [-0.2, -0.15) is 0 Å². The highest BCUT2D eigenvalue weighted by Gasteiger charge is 2.35. The topological polar surface area (TPSA) is 57.3 Å². The minimum atomic E-state index is -0.0747. The Kier molecular flexibility index (Phi) is 3.25. The molecule has 5 nitrogen and oxygen atoms in total. The second kappa shape index (κ2) is 5.04.